The Labute approximate surface area is 100 Å². The molecule has 90 valence electrons. The number of nitrogens with zero attached hydrogens (tertiary/aromatic N) is 1. The zero-order valence-corrected chi connectivity index (χ0v) is 10.5. The molecule has 0 saturated carbocycles. The minimum atomic E-state index is -0.166. The highest BCUT2D eigenvalue weighted by Gasteiger charge is 2.32. The fourth-order valence-corrected chi connectivity index (χ4v) is 3.01. The van der Waals surface area contributed by atoms with Crippen LogP contribution in [0.25, 0.3) is 10.9 Å². The molecule has 1 aromatic heterocycles. The van der Waals surface area contributed by atoms with Crippen molar-refractivity contribution in [1.29, 1.82) is 0 Å². The number of fused-ring (bicyclic) bond motifs is 3. The molecule has 3 rings (SSSR count). The third-order valence-electron chi connectivity index (χ3n) is 3.82. The highest BCUT2D eigenvalue weighted by Crippen LogP contribution is 2.37. The maximum Gasteiger partial charge on any atom is 0.125 e. The van der Waals surface area contributed by atoms with Crippen molar-refractivity contribution >= 4 is 10.9 Å². The molecule has 0 bridgehead atoms. The molecular formula is C14H17FN2. The van der Waals surface area contributed by atoms with Gasteiger partial charge in [-0.1, -0.05) is 13.8 Å². The number of benzene rings is 1. The van der Waals surface area contributed by atoms with Crippen LogP contribution in [0.15, 0.2) is 18.2 Å². The van der Waals surface area contributed by atoms with Gasteiger partial charge in [0.2, 0.25) is 0 Å². The van der Waals surface area contributed by atoms with E-state index in [1.807, 2.05) is 13.1 Å². The fourth-order valence-electron chi connectivity index (χ4n) is 3.01. The van der Waals surface area contributed by atoms with Gasteiger partial charge in [-0.2, -0.15) is 0 Å². The number of hydrogen-bond acceptors (Lipinski definition) is 1. The van der Waals surface area contributed by atoms with E-state index in [-0.39, 0.29) is 11.2 Å². The van der Waals surface area contributed by atoms with Gasteiger partial charge in [-0.25, -0.2) is 4.39 Å². The monoisotopic (exact) mass is 232 g/mol. The summed E-state index contributed by atoms with van der Waals surface area (Å²) in [5, 5.41) is 4.62. The zero-order valence-electron chi connectivity index (χ0n) is 10.5. The molecule has 1 N–H and O–H groups in total. The first kappa shape index (κ1) is 10.8. The predicted octanol–water partition coefficient (Wildman–Crippen LogP) is 2.70. The molecule has 1 aromatic carbocycles. The van der Waals surface area contributed by atoms with E-state index in [4.69, 9.17) is 0 Å². The second-order valence-corrected chi connectivity index (χ2v) is 5.53. The average Bonchev–Trinajstić information content (AvgIpc) is 2.54. The first-order chi connectivity index (χ1) is 8.00. The topological polar surface area (TPSA) is 17.0 Å². The molecule has 0 radical (unpaired) electrons. The van der Waals surface area contributed by atoms with Crippen molar-refractivity contribution < 1.29 is 4.39 Å². The van der Waals surface area contributed by atoms with E-state index >= 15 is 0 Å². The van der Waals surface area contributed by atoms with E-state index in [0.717, 1.165) is 18.6 Å². The van der Waals surface area contributed by atoms with Gasteiger partial charge >= 0.3 is 0 Å². The van der Waals surface area contributed by atoms with Gasteiger partial charge in [0.25, 0.3) is 0 Å². The van der Waals surface area contributed by atoms with Crippen LogP contribution in [0.2, 0.25) is 0 Å². The summed E-state index contributed by atoms with van der Waals surface area (Å²) in [5.74, 6) is -0.166. The highest BCUT2D eigenvalue weighted by atomic mass is 19.1. The smallest absolute Gasteiger partial charge is 0.125 e. The van der Waals surface area contributed by atoms with E-state index in [1.54, 1.807) is 12.1 Å². The van der Waals surface area contributed by atoms with Crippen LogP contribution < -0.4 is 5.32 Å². The van der Waals surface area contributed by atoms with Gasteiger partial charge in [0.15, 0.2) is 0 Å². The first-order valence-electron chi connectivity index (χ1n) is 5.99. The molecule has 2 nitrogen and oxygen atoms in total. The minimum Gasteiger partial charge on any atom is -0.346 e. The van der Waals surface area contributed by atoms with Gasteiger partial charge in [0, 0.05) is 36.6 Å². The number of aryl methyl sites for hydroxylation is 1. The summed E-state index contributed by atoms with van der Waals surface area (Å²) in [6.45, 7) is 6.31. The lowest BCUT2D eigenvalue weighted by Gasteiger charge is -2.31. The van der Waals surface area contributed by atoms with Crippen LogP contribution >= 0.6 is 0 Å². The Balaban J connectivity index is 2.42. The standard InChI is InChI=1S/C14H17FN2/c1-14(2)8-16-7-12-13(14)10-5-4-9(15)6-11(10)17(12)3/h4-6,16H,7-8H2,1-3H3. The number of nitrogens with one attached hydrogen (secondary N) is 1. The Morgan fingerprint density at radius 3 is 2.88 bits per heavy atom. The molecule has 0 fully saturated rings. The second-order valence-electron chi connectivity index (χ2n) is 5.53. The summed E-state index contributed by atoms with van der Waals surface area (Å²) in [6.07, 6.45) is 0. The number of aromatic nitrogens is 1. The summed E-state index contributed by atoms with van der Waals surface area (Å²) in [4.78, 5) is 0. The number of hydrogen-bond donors (Lipinski definition) is 1. The van der Waals surface area contributed by atoms with Crippen molar-refractivity contribution in [3.05, 3.63) is 35.3 Å². The molecule has 0 spiro atoms. The third kappa shape index (κ3) is 1.42. The molecule has 0 atom stereocenters. The first-order valence-corrected chi connectivity index (χ1v) is 5.99. The lowest BCUT2D eigenvalue weighted by molar-refractivity contribution is 0.429. The van der Waals surface area contributed by atoms with Crippen LogP contribution in [0.3, 0.4) is 0 Å². The molecule has 0 unspecified atom stereocenters. The second kappa shape index (κ2) is 3.33. The van der Waals surface area contributed by atoms with E-state index in [2.05, 4.69) is 23.7 Å². The van der Waals surface area contributed by atoms with Gasteiger partial charge in [0.05, 0.1) is 5.52 Å². The molecule has 2 heterocycles. The molecule has 0 amide bonds. The SMILES string of the molecule is Cn1c2c(c3ccc(F)cc31)C(C)(C)CNC2. The normalized spacial score (nSPS) is 18.4. The molecule has 0 aliphatic carbocycles. The summed E-state index contributed by atoms with van der Waals surface area (Å²) < 4.78 is 15.5. The highest BCUT2D eigenvalue weighted by molar-refractivity contribution is 5.87. The molecule has 2 aromatic rings. The number of halogens is 1. The molecule has 0 saturated heterocycles. The third-order valence-corrected chi connectivity index (χ3v) is 3.82. The maximum absolute atomic E-state index is 13.3. The zero-order chi connectivity index (χ0) is 12.2. The van der Waals surface area contributed by atoms with Gasteiger partial charge in [-0.05, 0) is 23.8 Å². The largest absolute Gasteiger partial charge is 0.346 e. The van der Waals surface area contributed by atoms with Crippen LogP contribution in [0.4, 0.5) is 4.39 Å². The van der Waals surface area contributed by atoms with Crippen molar-refractivity contribution in [2.24, 2.45) is 7.05 Å². The van der Waals surface area contributed by atoms with Crippen LogP contribution in [-0.4, -0.2) is 11.1 Å². The van der Waals surface area contributed by atoms with Crippen LogP contribution in [0.1, 0.15) is 25.1 Å². The van der Waals surface area contributed by atoms with Crippen molar-refractivity contribution in [3.8, 4) is 0 Å². The Morgan fingerprint density at radius 1 is 1.35 bits per heavy atom. The van der Waals surface area contributed by atoms with Crippen molar-refractivity contribution in [1.82, 2.24) is 9.88 Å². The molecule has 1 aliphatic heterocycles. The van der Waals surface area contributed by atoms with Gasteiger partial charge in [0.1, 0.15) is 5.82 Å². The fraction of sp³-hybridized carbons (Fsp3) is 0.429. The molecule has 3 heteroatoms. The molecule has 1 aliphatic rings. The van der Waals surface area contributed by atoms with Crippen LogP contribution in [0.5, 0.6) is 0 Å². The lowest BCUT2D eigenvalue weighted by atomic mass is 9.80. The van der Waals surface area contributed by atoms with E-state index in [1.165, 1.54) is 16.6 Å². The molecular weight excluding hydrogens is 215 g/mol. The summed E-state index contributed by atoms with van der Waals surface area (Å²) in [5.41, 5.74) is 3.74. The predicted molar refractivity (Wildman–Crippen MR) is 67.6 cm³/mol. The van der Waals surface area contributed by atoms with Crippen LogP contribution in [0, 0.1) is 5.82 Å². The van der Waals surface area contributed by atoms with Crippen molar-refractivity contribution in [3.63, 3.8) is 0 Å². The van der Waals surface area contributed by atoms with Gasteiger partial charge in [-0.3, -0.25) is 0 Å². The van der Waals surface area contributed by atoms with E-state index in [0.29, 0.717) is 0 Å². The minimum absolute atomic E-state index is 0.102. The lowest BCUT2D eigenvalue weighted by Crippen LogP contribution is -2.38. The number of rotatable bonds is 0. The van der Waals surface area contributed by atoms with Crippen molar-refractivity contribution in [2.45, 2.75) is 25.8 Å². The Bertz CT molecular complexity index is 596. The van der Waals surface area contributed by atoms with Crippen molar-refractivity contribution in [2.75, 3.05) is 6.54 Å². The van der Waals surface area contributed by atoms with Gasteiger partial charge < -0.3 is 9.88 Å². The molecule has 17 heavy (non-hydrogen) atoms. The van der Waals surface area contributed by atoms with E-state index < -0.39 is 0 Å². The Hall–Kier alpha value is -1.35. The quantitative estimate of drug-likeness (QED) is 0.739. The summed E-state index contributed by atoms with van der Waals surface area (Å²) >= 11 is 0. The van der Waals surface area contributed by atoms with Gasteiger partial charge in [-0.15, -0.1) is 0 Å². The van der Waals surface area contributed by atoms with Crippen LogP contribution in [-0.2, 0) is 19.0 Å². The summed E-state index contributed by atoms with van der Waals surface area (Å²) in [6, 6.07) is 5.10. The summed E-state index contributed by atoms with van der Waals surface area (Å²) in [7, 11) is 2.02. The Kier molecular flexibility index (Phi) is 2.11. The Morgan fingerprint density at radius 2 is 2.12 bits per heavy atom. The average molecular weight is 232 g/mol. The maximum atomic E-state index is 13.3. The van der Waals surface area contributed by atoms with E-state index in [9.17, 15) is 4.39 Å².